The lowest BCUT2D eigenvalue weighted by molar-refractivity contribution is 0.376. The number of piperidine rings is 1. The van der Waals surface area contributed by atoms with E-state index in [9.17, 15) is 16.8 Å². The molecule has 0 aromatic heterocycles. The van der Waals surface area contributed by atoms with Crippen molar-refractivity contribution in [2.45, 2.75) is 29.1 Å². The summed E-state index contributed by atoms with van der Waals surface area (Å²) in [5.74, 6) is 0.468. The van der Waals surface area contributed by atoms with Crippen molar-refractivity contribution in [1.29, 1.82) is 0 Å². The summed E-state index contributed by atoms with van der Waals surface area (Å²) in [6, 6.07) is 4.65. The Morgan fingerprint density at radius 3 is 2.29 bits per heavy atom. The van der Waals surface area contributed by atoms with Crippen molar-refractivity contribution in [2.24, 2.45) is 5.92 Å². The maximum Gasteiger partial charge on any atom is 0.176 e. The fourth-order valence-electron chi connectivity index (χ4n) is 2.71. The molecule has 1 saturated heterocycles. The van der Waals surface area contributed by atoms with Crippen molar-refractivity contribution in [2.75, 3.05) is 25.6 Å². The molecule has 1 heterocycles. The van der Waals surface area contributed by atoms with E-state index < -0.39 is 19.7 Å². The van der Waals surface area contributed by atoms with Crippen molar-refractivity contribution in [3.8, 4) is 0 Å². The van der Waals surface area contributed by atoms with Crippen molar-refractivity contribution < 1.29 is 16.8 Å². The number of sulfone groups is 2. The molecule has 1 fully saturated rings. The van der Waals surface area contributed by atoms with Gasteiger partial charge in [0.25, 0.3) is 0 Å². The highest BCUT2D eigenvalue weighted by molar-refractivity contribution is 7.93. The molecule has 5 nitrogen and oxygen atoms in total. The summed E-state index contributed by atoms with van der Waals surface area (Å²) in [5.41, 5.74) is 0.872. The molecule has 0 saturated carbocycles. The Bertz CT molecular complexity index is 717. The average Bonchev–Trinajstić information content (AvgIpc) is 2.37. The first kappa shape index (κ1) is 16.5. The van der Waals surface area contributed by atoms with E-state index in [1.165, 1.54) is 12.1 Å². The number of hydrogen-bond acceptors (Lipinski definition) is 5. The van der Waals surface area contributed by atoms with Crippen molar-refractivity contribution >= 4 is 19.7 Å². The topological polar surface area (TPSA) is 80.3 Å². The standard InChI is InChI=1S/C14H21NO4S2/c1-20(16,17)13-6-5-11(9-14(13)21(2,18)19)8-12-4-3-7-15-10-12/h5-6,9,12,15H,3-4,7-8,10H2,1-2H3. The minimum absolute atomic E-state index is 0.0914. The number of hydrogen-bond donors (Lipinski definition) is 1. The molecular weight excluding hydrogens is 310 g/mol. The Balaban J connectivity index is 2.38. The summed E-state index contributed by atoms with van der Waals surface area (Å²) < 4.78 is 47.2. The summed E-state index contributed by atoms with van der Waals surface area (Å²) in [5, 5.41) is 3.32. The van der Waals surface area contributed by atoms with Gasteiger partial charge in [-0.15, -0.1) is 0 Å². The van der Waals surface area contributed by atoms with Gasteiger partial charge in [0, 0.05) is 12.5 Å². The highest BCUT2D eigenvalue weighted by Gasteiger charge is 2.22. The molecule has 1 aliphatic rings. The average molecular weight is 331 g/mol. The first-order chi connectivity index (χ1) is 9.68. The molecule has 1 unspecified atom stereocenters. The fraction of sp³-hybridized carbons (Fsp3) is 0.571. The molecule has 0 spiro atoms. The van der Waals surface area contributed by atoms with Crippen LogP contribution in [0, 0.1) is 5.92 Å². The molecule has 0 amide bonds. The van der Waals surface area contributed by atoms with Crippen molar-refractivity contribution in [1.82, 2.24) is 5.32 Å². The Morgan fingerprint density at radius 2 is 1.76 bits per heavy atom. The van der Waals surface area contributed by atoms with Crippen LogP contribution < -0.4 is 5.32 Å². The highest BCUT2D eigenvalue weighted by Crippen LogP contribution is 2.25. The second-order valence-corrected chi connectivity index (χ2v) is 9.71. The van der Waals surface area contributed by atoms with E-state index in [4.69, 9.17) is 0 Å². The maximum absolute atomic E-state index is 11.9. The summed E-state index contributed by atoms with van der Waals surface area (Å²) in [6.07, 6.45) is 5.06. The van der Waals surface area contributed by atoms with Gasteiger partial charge in [-0.1, -0.05) is 6.07 Å². The van der Waals surface area contributed by atoms with Crippen molar-refractivity contribution in [3.05, 3.63) is 23.8 Å². The van der Waals surface area contributed by atoms with Crippen LogP contribution >= 0.6 is 0 Å². The minimum Gasteiger partial charge on any atom is -0.316 e. The minimum atomic E-state index is -3.57. The number of benzene rings is 1. The summed E-state index contributed by atoms with van der Waals surface area (Å²) >= 11 is 0. The third-order valence-electron chi connectivity index (χ3n) is 3.73. The Labute approximate surface area is 126 Å². The third-order valence-corrected chi connectivity index (χ3v) is 6.15. The van der Waals surface area contributed by atoms with Gasteiger partial charge in [-0.05, 0) is 56.0 Å². The molecule has 1 aromatic carbocycles. The van der Waals surface area contributed by atoms with Crippen LogP contribution in [0.4, 0.5) is 0 Å². The zero-order valence-corrected chi connectivity index (χ0v) is 13.9. The van der Waals surface area contributed by atoms with Gasteiger partial charge in [0.2, 0.25) is 0 Å². The van der Waals surface area contributed by atoms with Gasteiger partial charge in [-0.2, -0.15) is 0 Å². The maximum atomic E-state index is 11.9. The quantitative estimate of drug-likeness (QED) is 0.891. The van der Waals surface area contributed by atoms with E-state index in [2.05, 4.69) is 5.32 Å². The molecule has 1 aromatic rings. The van der Waals surface area contributed by atoms with Crippen LogP contribution in [-0.4, -0.2) is 42.4 Å². The number of nitrogens with one attached hydrogen (secondary N) is 1. The lowest BCUT2D eigenvalue weighted by Gasteiger charge is -2.23. The fourth-order valence-corrected chi connectivity index (χ4v) is 5.15. The Hall–Kier alpha value is -0.920. The monoisotopic (exact) mass is 331 g/mol. The molecule has 7 heteroatoms. The van der Waals surface area contributed by atoms with Crippen molar-refractivity contribution in [3.63, 3.8) is 0 Å². The smallest absolute Gasteiger partial charge is 0.176 e. The summed E-state index contributed by atoms with van der Waals surface area (Å²) in [6.45, 7) is 1.94. The predicted octanol–water partition coefficient (Wildman–Crippen LogP) is 1.04. The van der Waals surface area contributed by atoms with Crippen LogP contribution in [-0.2, 0) is 26.1 Å². The molecular formula is C14H21NO4S2. The van der Waals surface area contributed by atoms with Gasteiger partial charge < -0.3 is 5.32 Å². The van der Waals surface area contributed by atoms with Crippen LogP contribution in [0.3, 0.4) is 0 Å². The highest BCUT2D eigenvalue weighted by atomic mass is 32.2. The van der Waals surface area contributed by atoms with Crippen LogP contribution in [0.1, 0.15) is 18.4 Å². The molecule has 0 bridgehead atoms. The molecule has 0 aliphatic carbocycles. The summed E-state index contributed by atoms with van der Waals surface area (Å²) in [7, 11) is -7.13. The first-order valence-corrected chi connectivity index (χ1v) is 10.7. The van der Waals surface area contributed by atoms with Gasteiger partial charge in [0.1, 0.15) is 0 Å². The Morgan fingerprint density at radius 1 is 1.10 bits per heavy atom. The van der Waals surface area contributed by atoms with Crippen LogP contribution in [0.15, 0.2) is 28.0 Å². The van der Waals surface area contributed by atoms with Gasteiger partial charge in [0.05, 0.1) is 9.79 Å². The van der Waals surface area contributed by atoms with E-state index >= 15 is 0 Å². The molecule has 1 atom stereocenters. The van der Waals surface area contributed by atoms with Gasteiger partial charge >= 0.3 is 0 Å². The van der Waals surface area contributed by atoms with E-state index in [1.54, 1.807) is 6.07 Å². The van der Waals surface area contributed by atoms with Crippen LogP contribution in [0.25, 0.3) is 0 Å². The normalized spacial score (nSPS) is 20.4. The number of rotatable bonds is 4. The largest absolute Gasteiger partial charge is 0.316 e. The van der Waals surface area contributed by atoms with E-state index in [0.717, 1.165) is 50.4 Å². The molecule has 2 rings (SSSR count). The van der Waals surface area contributed by atoms with Crippen LogP contribution in [0.5, 0.6) is 0 Å². The molecule has 1 N–H and O–H groups in total. The predicted molar refractivity (Wildman–Crippen MR) is 82.0 cm³/mol. The van der Waals surface area contributed by atoms with Gasteiger partial charge in [0.15, 0.2) is 19.7 Å². The Kier molecular flexibility index (Phi) is 4.75. The van der Waals surface area contributed by atoms with Gasteiger partial charge in [-0.3, -0.25) is 0 Å². The zero-order valence-electron chi connectivity index (χ0n) is 12.3. The molecule has 118 valence electrons. The second kappa shape index (κ2) is 6.06. The third kappa shape index (κ3) is 4.28. The molecule has 0 radical (unpaired) electrons. The second-order valence-electron chi connectivity index (χ2n) is 5.74. The lowest BCUT2D eigenvalue weighted by atomic mass is 9.92. The van der Waals surface area contributed by atoms with E-state index in [-0.39, 0.29) is 9.79 Å². The first-order valence-electron chi connectivity index (χ1n) is 6.91. The van der Waals surface area contributed by atoms with Crippen LogP contribution in [0.2, 0.25) is 0 Å². The summed E-state index contributed by atoms with van der Waals surface area (Å²) in [4.78, 5) is -0.207. The van der Waals surface area contributed by atoms with E-state index in [1.807, 2.05) is 0 Å². The van der Waals surface area contributed by atoms with E-state index in [0.29, 0.717) is 5.92 Å². The van der Waals surface area contributed by atoms with Gasteiger partial charge in [-0.25, -0.2) is 16.8 Å². The zero-order chi connectivity index (χ0) is 15.7. The molecule has 21 heavy (non-hydrogen) atoms. The lowest BCUT2D eigenvalue weighted by Crippen LogP contribution is -2.30. The molecule has 1 aliphatic heterocycles. The SMILES string of the molecule is CS(=O)(=O)c1ccc(CC2CCCNC2)cc1S(C)(=O)=O.